The molecule has 24 nitrogen and oxygen atoms in total. The molecule has 744 valence electrons. The lowest BCUT2D eigenvalue weighted by atomic mass is 9.81. The topological polar surface area (TPSA) is 327 Å². The van der Waals surface area contributed by atoms with Crippen molar-refractivity contribution in [2.24, 2.45) is 47.3 Å². The molecule has 0 radical (unpaired) electrons. The van der Waals surface area contributed by atoms with Crippen LogP contribution in [0.4, 0.5) is 105 Å². The van der Waals surface area contributed by atoms with Crippen LogP contribution in [-0.4, -0.2) is 152 Å². The molecule has 4 aromatic carbocycles. The van der Waals surface area contributed by atoms with E-state index in [0.29, 0.717) is 74.2 Å². The Morgan fingerprint density at radius 2 is 0.333 bits per heavy atom. The van der Waals surface area contributed by atoms with E-state index in [0.717, 1.165) is 56.9 Å². The average molecular weight is 1940 g/mol. The summed E-state index contributed by atoms with van der Waals surface area (Å²) in [6.45, 7) is 13.2. The third kappa shape index (κ3) is 35.1. The molecule has 0 aliphatic rings. The van der Waals surface area contributed by atoms with Crippen LogP contribution in [0.25, 0.3) is 0 Å². The minimum atomic E-state index is -5.12. The van der Waals surface area contributed by atoms with Crippen LogP contribution in [0.2, 0.25) is 0 Å². The maximum atomic E-state index is 13.1. The zero-order valence-electron chi connectivity index (χ0n) is 73.6. The maximum absolute atomic E-state index is 13.1. The molecule has 0 bridgehead atoms. The third-order valence-corrected chi connectivity index (χ3v) is 20.3. The first-order valence-electron chi connectivity index (χ1n) is 39.9. The Bertz CT molecular complexity index is 3780. The number of benzene rings is 4. The van der Waals surface area contributed by atoms with Gasteiger partial charge in [-0.05, 0) is 124 Å². The number of carbonyl (C=O) groups excluding carboxylic acids is 12. The fourth-order valence-electron chi connectivity index (χ4n) is 13.9. The van der Waals surface area contributed by atoms with E-state index >= 15 is 0 Å². The van der Waals surface area contributed by atoms with Crippen molar-refractivity contribution in [3.63, 3.8) is 0 Å². The second-order valence-electron chi connectivity index (χ2n) is 29.0. The Balaban J connectivity index is 0.000000880. The molecule has 0 unspecified atom stereocenters. The van der Waals surface area contributed by atoms with Gasteiger partial charge in [0.2, 0.25) is 0 Å². The molecule has 0 saturated heterocycles. The van der Waals surface area contributed by atoms with E-state index in [1.807, 2.05) is 0 Å². The summed E-state index contributed by atoms with van der Waals surface area (Å²) in [7, 11) is 8.35. The number of halogens is 24. The second kappa shape index (κ2) is 51.8. The smallest absolute Gasteiger partial charge is 0.416 e. The zero-order valence-corrected chi connectivity index (χ0v) is 73.6. The summed E-state index contributed by atoms with van der Waals surface area (Å²) in [6.07, 6.45) is -37.8. The van der Waals surface area contributed by atoms with Crippen molar-refractivity contribution >= 4 is 71.4 Å². The van der Waals surface area contributed by atoms with Gasteiger partial charge in [0.1, 0.15) is 0 Å². The van der Waals surface area contributed by atoms with Gasteiger partial charge in [-0.1, -0.05) is 81.1 Å². The van der Waals surface area contributed by atoms with Gasteiger partial charge in [0.25, 0.3) is 23.6 Å². The Hall–Kier alpha value is -11.2. The van der Waals surface area contributed by atoms with Gasteiger partial charge in [-0.2, -0.15) is 105 Å². The number of hydrogen-bond donors (Lipinski definition) is 4. The van der Waals surface area contributed by atoms with Crippen LogP contribution < -0.4 is 21.3 Å². The van der Waals surface area contributed by atoms with Gasteiger partial charge < -0.3 is 59.2 Å². The van der Waals surface area contributed by atoms with E-state index in [1.54, 1.807) is 55.4 Å². The van der Waals surface area contributed by atoms with Gasteiger partial charge in [-0.15, -0.1) is 0 Å². The van der Waals surface area contributed by atoms with Crippen LogP contribution in [0.15, 0.2) is 72.8 Å². The number of rotatable bonds is 36. The predicted molar refractivity (Wildman–Crippen MR) is 416 cm³/mol. The molecular weight excluding hydrogens is 1840 g/mol. The Kier molecular flexibility index (Phi) is 46.6. The minimum Gasteiger partial charge on any atom is -0.468 e. The van der Waals surface area contributed by atoms with E-state index in [-0.39, 0.29) is 75.6 Å². The number of carbonyl (C=O) groups is 12. The predicted octanol–water partition coefficient (Wildman–Crippen LogP) is 18.4. The number of methoxy groups -OCH3 is 8. The minimum absolute atomic E-state index is 0.0848. The fourth-order valence-corrected chi connectivity index (χ4v) is 13.9. The molecule has 4 amide bonds. The standard InChI is InChI=1S/4C21H25F6NO5/c4*1-5-7-14(16(18(30)32-3)19(31)33-4)15(6-2)28-17(29)11-8-12(20(22,23)24)10-13(9-11)21(25,26)27/h4*8-10,14-16H,5-7H2,1-4H3,(H,28,29)/t4*14-,15-/m0000/s1. The van der Waals surface area contributed by atoms with E-state index in [4.69, 9.17) is 0 Å². The lowest BCUT2D eigenvalue weighted by Crippen LogP contribution is -2.47. The molecule has 0 saturated carbocycles. The first-order chi connectivity index (χ1) is 60.8. The van der Waals surface area contributed by atoms with Crippen LogP contribution >= 0.6 is 0 Å². The highest BCUT2D eigenvalue weighted by Gasteiger charge is 2.49. The van der Waals surface area contributed by atoms with E-state index in [9.17, 15) is 163 Å². The highest BCUT2D eigenvalue weighted by molar-refractivity contribution is 6.00. The van der Waals surface area contributed by atoms with Crippen molar-refractivity contribution < 1.29 is 201 Å². The number of alkyl halides is 24. The summed E-state index contributed by atoms with van der Waals surface area (Å²) < 4.78 is 352. The lowest BCUT2D eigenvalue weighted by Gasteiger charge is -2.31. The third-order valence-electron chi connectivity index (χ3n) is 20.3. The molecule has 0 heterocycles. The van der Waals surface area contributed by atoms with Crippen molar-refractivity contribution in [1.82, 2.24) is 21.3 Å². The summed E-state index contributed by atoms with van der Waals surface area (Å²) in [5.74, 6) is -21.7. The van der Waals surface area contributed by atoms with Crippen molar-refractivity contribution in [3.05, 3.63) is 140 Å². The molecule has 48 heteroatoms. The van der Waals surface area contributed by atoms with Crippen LogP contribution in [0.3, 0.4) is 0 Å². The van der Waals surface area contributed by atoms with Gasteiger partial charge in [0.15, 0.2) is 23.7 Å². The molecule has 0 fully saturated rings. The van der Waals surface area contributed by atoms with Gasteiger partial charge in [-0.3, -0.25) is 57.5 Å². The molecule has 8 atom stereocenters. The van der Waals surface area contributed by atoms with Gasteiger partial charge in [0.05, 0.1) is 101 Å². The lowest BCUT2D eigenvalue weighted by molar-refractivity contribution is -0.164. The van der Waals surface area contributed by atoms with Gasteiger partial charge >= 0.3 is 97.2 Å². The summed E-state index contributed by atoms with van der Waals surface area (Å²) in [4.78, 5) is 149. The van der Waals surface area contributed by atoms with Crippen molar-refractivity contribution in [3.8, 4) is 0 Å². The summed E-state index contributed by atoms with van der Waals surface area (Å²) in [5.41, 5.74) is -16.5. The van der Waals surface area contributed by atoms with E-state index in [2.05, 4.69) is 59.2 Å². The molecule has 0 aliphatic heterocycles. The molecule has 0 aliphatic carbocycles. The van der Waals surface area contributed by atoms with Crippen LogP contribution in [0.5, 0.6) is 0 Å². The molecule has 132 heavy (non-hydrogen) atoms. The first-order valence-corrected chi connectivity index (χ1v) is 39.9. The molecule has 4 N–H and O–H groups in total. The number of esters is 8. The van der Waals surface area contributed by atoms with E-state index in [1.165, 1.54) is 0 Å². The molecule has 0 spiro atoms. The molecular formula is C84H100F24N4O20. The summed E-state index contributed by atoms with van der Waals surface area (Å²) in [6, 6.07) is -1.68. The largest absolute Gasteiger partial charge is 0.468 e. The summed E-state index contributed by atoms with van der Waals surface area (Å²) in [5, 5.41) is 9.50. The van der Waals surface area contributed by atoms with Gasteiger partial charge in [0, 0.05) is 70.1 Å². The van der Waals surface area contributed by atoms with Crippen LogP contribution in [0, 0.1) is 47.3 Å². The van der Waals surface area contributed by atoms with E-state index < -0.39 is 259 Å². The van der Waals surface area contributed by atoms with Crippen LogP contribution in [-0.2, 0) is 126 Å². The Morgan fingerprint density at radius 3 is 0.417 bits per heavy atom. The average Bonchev–Trinajstić information content (AvgIpc) is 0.802. The van der Waals surface area contributed by atoms with Crippen molar-refractivity contribution in [1.29, 1.82) is 0 Å². The molecule has 4 aromatic rings. The number of hydrogen-bond acceptors (Lipinski definition) is 20. The highest BCUT2D eigenvalue weighted by atomic mass is 19.4. The van der Waals surface area contributed by atoms with Gasteiger partial charge in [-0.25, -0.2) is 0 Å². The van der Waals surface area contributed by atoms with Crippen LogP contribution in [0.1, 0.15) is 218 Å². The second-order valence-corrected chi connectivity index (χ2v) is 29.0. The number of nitrogens with one attached hydrogen (secondary N) is 4. The van der Waals surface area contributed by atoms with Crippen molar-refractivity contribution in [2.45, 2.75) is 206 Å². The zero-order chi connectivity index (χ0) is 102. The first kappa shape index (κ1) is 119. The fraction of sp³-hybridized carbons (Fsp3) is 0.571. The highest BCUT2D eigenvalue weighted by Crippen LogP contribution is 2.43. The van der Waals surface area contributed by atoms with Crippen molar-refractivity contribution in [2.75, 3.05) is 56.9 Å². The quantitative estimate of drug-likeness (QED) is 0.0142. The molecule has 0 aromatic heterocycles. The normalized spacial score (nSPS) is 13.9. The number of ether oxygens (including phenoxy) is 8. The monoisotopic (exact) mass is 1940 g/mol. The number of amides is 4. The maximum Gasteiger partial charge on any atom is 0.416 e. The summed E-state index contributed by atoms with van der Waals surface area (Å²) >= 11 is 0. The molecule has 4 rings (SSSR count). The Labute approximate surface area is 741 Å². The Morgan fingerprint density at radius 1 is 0.220 bits per heavy atom. The SMILES string of the molecule is CCC[C@H](C(C(=O)OC)C(=O)OC)[C@H](CC)NC(=O)c1cc(C(F)(F)F)cc(C(F)(F)F)c1.CCC[C@H](C(C(=O)OC)C(=O)OC)[C@H](CC)NC(=O)c1cc(C(F)(F)F)cc(C(F)(F)F)c1.CCC[C@H](C(C(=O)OC)C(=O)OC)[C@H](CC)NC(=O)c1cc(C(F)(F)F)cc(C(F)(F)F)c1.CCC[C@H](C(C(=O)OC)C(=O)OC)[C@H](CC)NC(=O)c1cc(C(F)(F)F)cc(C(F)(F)F)c1.